The van der Waals surface area contributed by atoms with E-state index in [9.17, 15) is 28.1 Å². The van der Waals surface area contributed by atoms with E-state index in [-0.39, 0.29) is 24.2 Å². The van der Waals surface area contributed by atoms with Crippen LogP contribution in [0.4, 0.5) is 19.0 Å². The summed E-state index contributed by atoms with van der Waals surface area (Å²) >= 11 is 0. The monoisotopic (exact) mass is 410 g/mol. The van der Waals surface area contributed by atoms with Crippen molar-refractivity contribution in [3.8, 4) is 6.01 Å². The Labute approximate surface area is 163 Å². The molecule has 1 amide bonds. The Balaban J connectivity index is 1.33. The summed E-state index contributed by atoms with van der Waals surface area (Å²) in [5, 5.41) is 10.8. The molecule has 1 spiro atoms. The maximum Gasteiger partial charge on any atom is 0.416 e. The molecule has 1 aromatic heterocycles. The average Bonchev–Trinajstić information content (AvgIpc) is 3.18. The molecule has 1 fully saturated rings. The van der Waals surface area contributed by atoms with Crippen molar-refractivity contribution in [3.63, 3.8) is 0 Å². The van der Waals surface area contributed by atoms with Crippen molar-refractivity contribution in [2.24, 2.45) is 0 Å². The molecule has 4 rings (SSSR count). The van der Waals surface area contributed by atoms with Gasteiger partial charge in [0.25, 0.3) is 0 Å². The number of piperidine rings is 1. The number of halogens is 3. The number of nitrogens with zero attached hydrogens (tertiary/aromatic N) is 4. The number of alkyl halides is 3. The number of amides is 1. The second-order valence-corrected chi connectivity index (χ2v) is 7.30. The van der Waals surface area contributed by atoms with Crippen molar-refractivity contribution in [2.45, 2.75) is 37.6 Å². The topological polar surface area (TPSA) is 90.5 Å². The van der Waals surface area contributed by atoms with E-state index in [1.807, 2.05) is 0 Å². The van der Waals surface area contributed by atoms with Gasteiger partial charge in [0.05, 0.1) is 18.5 Å². The Bertz CT molecular complexity index is 922. The number of benzene rings is 1. The first-order chi connectivity index (χ1) is 13.7. The normalized spacial score (nSPS) is 17.8. The third kappa shape index (κ3) is 3.76. The van der Waals surface area contributed by atoms with E-state index < -0.39 is 22.3 Å². The van der Waals surface area contributed by atoms with Crippen LogP contribution in [0.5, 0.6) is 6.01 Å². The number of carbonyl (C=O) groups excluding carboxylic acids is 1. The van der Waals surface area contributed by atoms with Gasteiger partial charge in [0, 0.05) is 30.9 Å². The third-order valence-electron chi connectivity index (χ3n) is 5.34. The molecule has 8 nitrogen and oxygen atoms in total. The van der Waals surface area contributed by atoms with E-state index in [0.29, 0.717) is 38.0 Å². The van der Waals surface area contributed by atoms with Crippen LogP contribution in [-0.4, -0.2) is 44.0 Å². The highest BCUT2D eigenvalue weighted by Gasteiger charge is 2.46. The van der Waals surface area contributed by atoms with Crippen LogP contribution in [0.25, 0.3) is 0 Å². The molecule has 11 heteroatoms. The van der Waals surface area contributed by atoms with Gasteiger partial charge in [-0.25, -0.2) is 0 Å². The first-order valence-corrected chi connectivity index (χ1v) is 9.00. The van der Waals surface area contributed by atoms with Crippen molar-refractivity contribution in [3.05, 3.63) is 51.7 Å². The molecule has 0 N–H and O–H groups in total. The van der Waals surface area contributed by atoms with Gasteiger partial charge in [0.2, 0.25) is 5.91 Å². The second kappa shape index (κ2) is 6.75. The number of likely N-dealkylation sites (tertiary alicyclic amines) is 1. The molecule has 2 aliphatic heterocycles. The fraction of sp³-hybridized carbons (Fsp3) is 0.444. The lowest BCUT2D eigenvalue weighted by molar-refractivity contribution is -0.389. The fourth-order valence-corrected chi connectivity index (χ4v) is 3.73. The minimum Gasteiger partial charge on any atom is -0.437 e. The lowest BCUT2D eigenvalue weighted by atomic mass is 9.91. The first kappa shape index (κ1) is 19.2. The number of imidazole rings is 1. The van der Waals surface area contributed by atoms with Gasteiger partial charge in [-0.05, 0) is 22.6 Å². The number of hydrogen-bond donors (Lipinski definition) is 0. The molecular formula is C18H17F3N4O4. The van der Waals surface area contributed by atoms with Crippen molar-refractivity contribution in [1.29, 1.82) is 0 Å². The summed E-state index contributed by atoms with van der Waals surface area (Å²) in [7, 11) is 0. The van der Waals surface area contributed by atoms with E-state index in [0.717, 1.165) is 12.1 Å². The lowest BCUT2D eigenvalue weighted by Crippen LogP contribution is -2.49. The van der Waals surface area contributed by atoms with Gasteiger partial charge in [-0.2, -0.15) is 13.2 Å². The number of aromatic nitrogens is 2. The van der Waals surface area contributed by atoms with Crippen LogP contribution in [0, 0.1) is 10.1 Å². The third-order valence-corrected chi connectivity index (χ3v) is 5.34. The highest BCUT2D eigenvalue weighted by atomic mass is 19.4. The zero-order valence-electron chi connectivity index (χ0n) is 15.2. The van der Waals surface area contributed by atoms with Gasteiger partial charge in [-0.1, -0.05) is 12.1 Å². The summed E-state index contributed by atoms with van der Waals surface area (Å²) in [5.41, 5.74) is -0.764. The van der Waals surface area contributed by atoms with Crippen molar-refractivity contribution in [1.82, 2.24) is 14.5 Å². The van der Waals surface area contributed by atoms with Crippen molar-refractivity contribution >= 4 is 11.7 Å². The van der Waals surface area contributed by atoms with Crippen molar-refractivity contribution in [2.75, 3.05) is 13.1 Å². The summed E-state index contributed by atoms with van der Waals surface area (Å²) < 4.78 is 45.4. The quantitative estimate of drug-likeness (QED) is 0.573. The van der Waals surface area contributed by atoms with Gasteiger partial charge < -0.3 is 19.8 Å². The molecule has 2 aliphatic rings. The number of hydrogen-bond acceptors (Lipinski definition) is 5. The highest BCUT2D eigenvalue weighted by molar-refractivity contribution is 5.79. The Kier molecular flexibility index (Phi) is 4.47. The molecule has 29 heavy (non-hydrogen) atoms. The van der Waals surface area contributed by atoms with Crippen molar-refractivity contribution < 1.29 is 27.6 Å². The van der Waals surface area contributed by atoms with Crippen LogP contribution < -0.4 is 4.74 Å². The van der Waals surface area contributed by atoms with Crippen LogP contribution in [0.3, 0.4) is 0 Å². The Morgan fingerprint density at radius 3 is 2.45 bits per heavy atom. The summed E-state index contributed by atoms with van der Waals surface area (Å²) in [6, 6.07) is 4.79. The zero-order chi connectivity index (χ0) is 20.8. The van der Waals surface area contributed by atoms with Crippen LogP contribution in [0.15, 0.2) is 30.5 Å². The summed E-state index contributed by atoms with van der Waals surface area (Å²) in [4.78, 5) is 28.2. The predicted molar refractivity (Wildman–Crippen MR) is 93.2 cm³/mol. The molecule has 0 bridgehead atoms. The van der Waals surface area contributed by atoms with Crippen LogP contribution in [-0.2, 0) is 23.9 Å². The molecule has 154 valence electrons. The van der Waals surface area contributed by atoms with Gasteiger partial charge in [0.15, 0.2) is 0 Å². The molecule has 0 unspecified atom stereocenters. The molecule has 2 aromatic rings. The lowest BCUT2D eigenvalue weighted by Gasteiger charge is -2.37. The zero-order valence-corrected chi connectivity index (χ0v) is 15.2. The fourth-order valence-electron chi connectivity index (χ4n) is 3.73. The van der Waals surface area contributed by atoms with E-state index in [2.05, 4.69) is 4.98 Å². The molecule has 1 saturated heterocycles. The van der Waals surface area contributed by atoms with Gasteiger partial charge in [-0.3, -0.25) is 9.36 Å². The maximum atomic E-state index is 12.6. The number of rotatable bonds is 3. The maximum absolute atomic E-state index is 12.6. The molecule has 0 aliphatic carbocycles. The Morgan fingerprint density at radius 2 is 1.90 bits per heavy atom. The molecule has 3 heterocycles. The van der Waals surface area contributed by atoms with Crippen LogP contribution >= 0.6 is 0 Å². The SMILES string of the molecule is O=C(Cc1ccc(C(F)(F)F)cc1)N1CCC2(CC1)Cn1cc([N+](=O)[O-])nc1O2. The van der Waals surface area contributed by atoms with E-state index in [1.54, 1.807) is 9.47 Å². The van der Waals surface area contributed by atoms with E-state index in [1.165, 1.54) is 18.3 Å². The first-order valence-electron chi connectivity index (χ1n) is 9.00. The standard InChI is InChI=1S/C18H17F3N4O4/c19-18(20,21)13-3-1-12(2-4-13)9-15(26)23-7-5-17(6-8-23)11-24-10-14(25(27)28)22-16(24)29-17/h1-4,10H,5-9,11H2. The van der Waals surface area contributed by atoms with Crippen LogP contribution in [0.1, 0.15) is 24.0 Å². The summed E-state index contributed by atoms with van der Waals surface area (Å²) in [5.74, 6) is -0.426. The molecular weight excluding hydrogens is 393 g/mol. The van der Waals surface area contributed by atoms with E-state index in [4.69, 9.17) is 4.74 Å². The Hall–Kier alpha value is -3.11. The van der Waals surface area contributed by atoms with Gasteiger partial charge >= 0.3 is 18.0 Å². The molecule has 1 aromatic carbocycles. The number of carbonyl (C=O) groups is 1. The summed E-state index contributed by atoms with van der Waals surface area (Å²) in [6.07, 6.45) is -1.95. The number of fused-ring (bicyclic) bond motifs is 1. The smallest absolute Gasteiger partial charge is 0.416 e. The minimum absolute atomic E-state index is 0.0275. The molecule has 0 saturated carbocycles. The Morgan fingerprint density at radius 1 is 1.24 bits per heavy atom. The second-order valence-electron chi connectivity index (χ2n) is 7.30. The van der Waals surface area contributed by atoms with Gasteiger partial charge in [0.1, 0.15) is 11.8 Å². The van der Waals surface area contributed by atoms with Gasteiger partial charge in [-0.15, -0.1) is 0 Å². The summed E-state index contributed by atoms with van der Waals surface area (Å²) in [6.45, 7) is 1.31. The van der Waals surface area contributed by atoms with Crippen LogP contribution in [0.2, 0.25) is 0 Å². The number of nitro groups is 1. The molecule has 0 radical (unpaired) electrons. The van der Waals surface area contributed by atoms with E-state index >= 15 is 0 Å². The average molecular weight is 410 g/mol. The number of ether oxygens (including phenoxy) is 1. The minimum atomic E-state index is -4.40. The predicted octanol–water partition coefficient (Wildman–Crippen LogP) is 2.81. The largest absolute Gasteiger partial charge is 0.437 e. The molecule has 0 atom stereocenters. The highest BCUT2D eigenvalue weighted by Crippen LogP contribution is 2.37.